The Labute approximate surface area is 142 Å². The van der Waals surface area contributed by atoms with Crippen molar-refractivity contribution in [3.05, 3.63) is 35.7 Å². The normalized spacial score (nSPS) is 17.8. The second-order valence-electron chi connectivity index (χ2n) is 6.47. The highest BCUT2D eigenvalue weighted by atomic mass is 16.4. The summed E-state index contributed by atoms with van der Waals surface area (Å²) >= 11 is 0. The van der Waals surface area contributed by atoms with Crippen molar-refractivity contribution >= 4 is 17.4 Å². The fraction of sp³-hybridized carbons (Fsp3) is 0.500. The van der Waals surface area contributed by atoms with E-state index in [-0.39, 0.29) is 12.3 Å². The smallest absolute Gasteiger partial charge is 0.232 e. The molecular weight excluding hydrogens is 304 g/mol. The van der Waals surface area contributed by atoms with Crippen LogP contribution in [0.2, 0.25) is 0 Å². The van der Waals surface area contributed by atoms with Crippen molar-refractivity contribution < 1.29 is 9.21 Å². The average Bonchev–Trinajstić information content (AvgIpc) is 2.93. The number of aromatic nitrogens is 2. The lowest BCUT2D eigenvalue weighted by atomic mass is 10.0. The Bertz CT molecular complexity index is 726. The zero-order valence-electron chi connectivity index (χ0n) is 14.5. The molecule has 0 bridgehead atoms. The quantitative estimate of drug-likeness (QED) is 0.933. The van der Waals surface area contributed by atoms with Gasteiger partial charge in [0.25, 0.3) is 0 Å². The van der Waals surface area contributed by atoms with Crippen LogP contribution in [0.25, 0.3) is 0 Å². The molecule has 0 aromatic carbocycles. The molecule has 1 amide bonds. The molecule has 0 spiro atoms. The minimum absolute atomic E-state index is 0.133. The van der Waals surface area contributed by atoms with E-state index < -0.39 is 0 Å². The minimum Gasteiger partial charge on any atom is -0.446 e. The molecule has 1 aliphatic rings. The summed E-state index contributed by atoms with van der Waals surface area (Å²) in [5.41, 5.74) is 1.79. The number of oxazole rings is 1. The van der Waals surface area contributed by atoms with Crippen LogP contribution >= 0.6 is 0 Å². The predicted molar refractivity (Wildman–Crippen MR) is 93.2 cm³/mol. The van der Waals surface area contributed by atoms with E-state index in [2.05, 4.69) is 27.1 Å². The van der Waals surface area contributed by atoms with Crippen LogP contribution in [-0.2, 0) is 11.2 Å². The lowest BCUT2D eigenvalue weighted by Gasteiger charge is -2.35. The van der Waals surface area contributed by atoms with Gasteiger partial charge in [-0.2, -0.15) is 0 Å². The largest absolute Gasteiger partial charge is 0.446 e. The highest BCUT2D eigenvalue weighted by molar-refractivity contribution is 5.92. The van der Waals surface area contributed by atoms with Crippen molar-refractivity contribution in [2.24, 2.45) is 0 Å². The molecule has 2 aromatic heterocycles. The van der Waals surface area contributed by atoms with Crippen LogP contribution in [0, 0.1) is 13.8 Å². The fourth-order valence-electron chi connectivity index (χ4n) is 3.20. The van der Waals surface area contributed by atoms with Crippen LogP contribution in [0.4, 0.5) is 11.5 Å². The second kappa shape index (κ2) is 7.03. The van der Waals surface area contributed by atoms with Gasteiger partial charge in [0.05, 0.1) is 24.5 Å². The van der Waals surface area contributed by atoms with E-state index in [1.165, 1.54) is 19.3 Å². The molecule has 0 radical (unpaired) electrons. The highest BCUT2D eigenvalue weighted by Crippen LogP contribution is 2.27. The van der Waals surface area contributed by atoms with Gasteiger partial charge >= 0.3 is 0 Å². The van der Waals surface area contributed by atoms with Gasteiger partial charge in [-0.3, -0.25) is 4.79 Å². The molecule has 1 atom stereocenters. The van der Waals surface area contributed by atoms with Crippen LogP contribution in [0.1, 0.15) is 43.4 Å². The zero-order valence-corrected chi connectivity index (χ0v) is 14.5. The number of rotatable bonds is 4. The lowest BCUT2D eigenvalue weighted by molar-refractivity contribution is -0.115. The van der Waals surface area contributed by atoms with Crippen LogP contribution in [-0.4, -0.2) is 28.5 Å². The number of pyridine rings is 1. The number of hydrogen-bond donors (Lipinski definition) is 1. The first-order chi connectivity index (χ1) is 11.5. The van der Waals surface area contributed by atoms with E-state index in [1.807, 2.05) is 13.0 Å². The van der Waals surface area contributed by atoms with Crippen molar-refractivity contribution in [2.45, 2.75) is 52.5 Å². The molecule has 1 saturated heterocycles. The number of hydrogen-bond acceptors (Lipinski definition) is 5. The van der Waals surface area contributed by atoms with E-state index in [0.29, 0.717) is 23.4 Å². The molecule has 1 aliphatic heterocycles. The Morgan fingerprint density at radius 1 is 1.33 bits per heavy atom. The summed E-state index contributed by atoms with van der Waals surface area (Å²) in [7, 11) is 0. The topological polar surface area (TPSA) is 71.3 Å². The van der Waals surface area contributed by atoms with Gasteiger partial charge in [-0.15, -0.1) is 0 Å². The van der Waals surface area contributed by atoms with E-state index in [1.54, 1.807) is 19.3 Å². The number of carbonyl (C=O) groups excluding carboxylic acids is 1. The summed E-state index contributed by atoms with van der Waals surface area (Å²) in [6.45, 7) is 7.09. The Balaban J connectivity index is 1.66. The van der Waals surface area contributed by atoms with Crippen LogP contribution in [0.15, 0.2) is 22.9 Å². The Morgan fingerprint density at radius 2 is 2.17 bits per heavy atom. The molecule has 24 heavy (non-hydrogen) atoms. The summed E-state index contributed by atoms with van der Waals surface area (Å²) in [5.74, 6) is 2.02. The first-order valence-corrected chi connectivity index (χ1v) is 8.47. The lowest BCUT2D eigenvalue weighted by Crippen LogP contribution is -2.38. The number of nitrogens with one attached hydrogen (secondary N) is 1. The monoisotopic (exact) mass is 328 g/mol. The number of carbonyl (C=O) groups is 1. The van der Waals surface area contributed by atoms with Crippen LogP contribution in [0.5, 0.6) is 0 Å². The number of amides is 1. The molecule has 3 heterocycles. The molecule has 1 fully saturated rings. The SMILES string of the molecule is Cc1ncc(CC(=O)Nc2cnc(N3CCCCC3C)c(C)c2)o1. The number of aryl methyl sites for hydroxylation is 2. The average molecular weight is 328 g/mol. The maximum atomic E-state index is 12.1. The molecule has 6 heteroatoms. The van der Waals surface area contributed by atoms with Crippen LogP contribution in [0.3, 0.4) is 0 Å². The Kier molecular flexibility index (Phi) is 4.83. The van der Waals surface area contributed by atoms with Gasteiger partial charge in [0.2, 0.25) is 5.91 Å². The standard InChI is InChI=1S/C18H24N4O2/c1-12-8-15(21-17(23)9-16-11-19-14(3)24-16)10-20-18(12)22-7-5-4-6-13(22)2/h8,10-11,13H,4-7,9H2,1-3H3,(H,21,23). The summed E-state index contributed by atoms with van der Waals surface area (Å²) in [4.78, 5) is 23.1. The van der Waals surface area contributed by atoms with Gasteiger partial charge in [0, 0.05) is 19.5 Å². The zero-order chi connectivity index (χ0) is 17.1. The molecule has 0 aliphatic carbocycles. The van der Waals surface area contributed by atoms with Crippen molar-refractivity contribution in [1.29, 1.82) is 0 Å². The molecule has 0 saturated carbocycles. The molecule has 3 rings (SSSR count). The third-order valence-corrected chi connectivity index (χ3v) is 4.41. The Morgan fingerprint density at radius 3 is 2.83 bits per heavy atom. The number of anilines is 2. The second-order valence-corrected chi connectivity index (χ2v) is 6.47. The number of piperidine rings is 1. The van der Waals surface area contributed by atoms with Gasteiger partial charge in [-0.25, -0.2) is 9.97 Å². The highest BCUT2D eigenvalue weighted by Gasteiger charge is 2.21. The first kappa shape index (κ1) is 16.5. The molecule has 128 valence electrons. The maximum Gasteiger partial charge on any atom is 0.232 e. The summed E-state index contributed by atoms with van der Waals surface area (Å²) in [6.07, 6.45) is 7.18. The molecular formula is C18H24N4O2. The van der Waals surface area contributed by atoms with Gasteiger partial charge in [-0.1, -0.05) is 0 Å². The van der Waals surface area contributed by atoms with Crippen molar-refractivity contribution in [1.82, 2.24) is 9.97 Å². The maximum absolute atomic E-state index is 12.1. The van der Waals surface area contributed by atoms with Gasteiger partial charge in [0.15, 0.2) is 5.89 Å². The minimum atomic E-state index is -0.133. The van der Waals surface area contributed by atoms with Gasteiger partial charge < -0.3 is 14.6 Å². The van der Waals surface area contributed by atoms with E-state index in [9.17, 15) is 4.79 Å². The molecule has 6 nitrogen and oxygen atoms in total. The first-order valence-electron chi connectivity index (χ1n) is 8.47. The fourth-order valence-corrected chi connectivity index (χ4v) is 3.20. The summed E-state index contributed by atoms with van der Waals surface area (Å²) in [6, 6.07) is 2.49. The van der Waals surface area contributed by atoms with E-state index >= 15 is 0 Å². The molecule has 1 unspecified atom stereocenters. The van der Waals surface area contributed by atoms with E-state index in [0.717, 1.165) is 17.9 Å². The van der Waals surface area contributed by atoms with Crippen molar-refractivity contribution in [3.63, 3.8) is 0 Å². The van der Waals surface area contributed by atoms with Gasteiger partial charge in [-0.05, 0) is 44.7 Å². The summed E-state index contributed by atoms with van der Waals surface area (Å²) in [5, 5.41) is 2.87. The Hall–Kier alpha value is -2.37. The van der Waals surface area contributed by atoms with Crippen molar-refractivity contribution in [3.8, 4) is 0 Å². The van der Waals surface area contributed by atoms with Gasteiger partial charge in [0.1, 0.15) is 11.6 Å². The third kappa shape index (κ3) is 3.75. The molecule has 2 aromatic rings. The van der Waals surface area contributed by atoms with Crippen LogP contribution < -0.4 is 10.2 Å². The van der Waals surface area contributed by atoms with E-state index in [4.69, 9.17) is 4.42 Å². The predicted octanol–water partition coefficient (Wildman–Crippen LogP) is 3.25. The summed E-state index contributed by atoms with van der Waals surface area (Å²) < 4.78 is 5.33. The number of nitrogens with zero attached hydrogens (tertiary/aromatic N) is 3. The van der Waals surface area contributed by atoms with Crippen molar-refractivity contribution in [2.75, 3.05) is 16.8 Å². The third-order valence-electron chi connectivity index (χ3n) is 4.41. The molecule has 1 N–H and O–H groups in total.